The first-order valence-corrected chi connectivity index (χ1v) is 15.8. The molecule has 0 aromatic rings. The second-order valence-corrected chi connectivity index (χ2v) is 18.3. The van der Waals surface area contributed by atoms with E-state index >= 15 is 0 Å². The molecule has 0 saturated carbocycles. The summed E-state index contributed by atoms with van der Waals surface area (Å²) in [5.74, 6) is -0.304. The second kappa shape index (κ2) is 16.1. The monoisotopic (exact) mass is 432 g/mol. The molecule has 0 aliphatic heterocycles. The van der Waals surface area contributed by atoms with Crippen molar-refractivity contribution in [3.05, 3.63) is 12.7 Å². The molecule has 0 bridgehead atoms. The summed E-state index contributed by atoms with van der Waals surface area (Å²) in [7, 11) is 0. The average molecular weight is 434 g/mol. The van der Waals surface area contributed by atoms with Crippen molar-refractivity contribution in [3.8, 4) is 0 Å². The van der Waals surface area contributed by atoms with Crippen LogP contribution in [0.3, 0.4) is 0 Å². The van der Waals surface area contributed by atoms with Gasteiger partial charge in [-0.15, -0.1) is 15.3 Å². The van der Waals surface area contributed by atoms with Crippen molar-refractivity contribution in [1.29, 1.82) is 0 Å². The summed E-state index contributed by atoms with van der Waals surface area (Å²) in [6.07, 6.45) is 18.6. The molecule has 0 aliphatic rings. The van der Waals surface area contributed by atoms with Crippen LogP contribution in [0.5, 0.6) is 0 Å². The van der Waals surface area contributed by atoms with Crippen LogP contribution in [0.25, 0.3) is 0 Å². The summed E-state index contributed by atoms with van der Waals surface area (Å²) in [5, 5.41) is 0. The Bertz CT molecular complexity index is 339. The van der Waals surface area contributed by atoms with Gasteiger partial charge in [0.1, 0.15) is 6.69 Å². The molecule has 0 fully saturated rings. The normalized spacial score (nSPS) is 12.8. The van der Waals surface area contributed by atoms with Crippen molar-refractivity contribution in [3.63, 3.8) is 0 Å². The number of hydrogen-bond donors (Lipinski definition) is 0. The van der Waals surface area contributed by atoms with E-state index in [1.807, 2.05) is 6.92 Å². The zero-order valence-corrected chi connectivity index (χ0v) is 19.5. The first-order valence-electron chi connectivity index (χ1n) is 10.4. The molecule has 25 heavy (non-hydrogen) atoms. The quantitative estimate of drug-likeness (QED) is 0.0770. The van der Waals surface area contributed by atoms with Gasteiger partial charge in [0.2, 0.25) is 0 Å². The van der Waals surface area contributed by atoms with Gasteiger partial charge in [0.25, 0.3) is 0 Å². The Morgan fingerprint density at radius 2 is 1.32 bits per heavy atom. The summed E-state index contributed by atoms with van der Waals surface area (Å²) in [6.45, 7) is 9.18. The number of hydrogen-bond acceptors (Lipinski definition) is 2. The second-order valence-electron chi connectivity index (χ2n) is 7.95. The highest BCUT2D eigenvalue weighted by Gasteiger charge is 2.14. The van der Waals surface area contributed by atoms with Crippen molar-refractivity contribution in [2.24, 2.45) is 0 Å². The lowest BCUT2D eigenvalue weighted by Crippen LogP contribution is -2.13. The van der Waals surface area contributed by atoms with E-state index in [4.69, 9.17) is 4.74 Å². The van der Waals surface area contributed by atoms with Gasteiger partial charge in [0.15, 0.2) is 0 Å². The molecule has 0 spiro atoms. The topological polar surface area (TPSA) is 26.3 Å². The van der Waals surface area contributed by atoms with Crippen LogP contribution in [0.2, 0.25) is 19.1 Å². The van der Waals surface area contributed by atoms with E-state index in [1.54, 1.807) is 0 Å². The smallest absolute Gasteiger partial charge is 0.330 e. The Kier molecular flexibility index (Phi) is 16.0. The number of halogens is 1. The fraction of sp³-hybridized carbons (Fsp3) is 0.857. The Labute approximate surface area is 165 Å². The van der Waals surface area contributed by atoms with Crippen molar-refractivity contribution in [2.75, 3.05) is 0 Å². The molecular weight excluding hydrogens is 392 g/mol. The van der Waals surface area contributed by atoms with Crippen LogP contribution in [0.15, 0.2) is 12.7 Å². The van der Waals surface area contributed by atoms with E-state index < -0.39 is 6.69 Å². The molecule has 0 aromatic carbocycles. The fourth-order valence-corrected chi connectivity index (χ4v) is 4.98. The van der Waals surface area contributed by atoms with Crippen LogP contribution < -0.4 is 0 Å². The highest BCUT2D eigenvalue weighted by molar-refractivity contribution is 9.26. The molecule has 0 saturated heterocycles. The van der Waals surface area contributed by atoms with Crippen LogP contribution in [-0.2, 0) is 9.53 Å². The molecule has 1 unspecified atom stereocenters. The molecule has 0 amide bonds. The van der Waals surface area contributed by atoms with Crippen LogP contribution in [0.1, 0.15) is 90.4 Å². The van der Waals surface area contributed by atoms with Crippen LogP contribution in [0, 0.1) is 0 Å². The van der Waals surface area contributed by atoms with Crippen LogP contribution in [-0.4, -0.2) is 18.8 Å². The fourth-order valence-electron chi connectivity index (χ4n) is 3.05. The van der Waals surface area contributed by atoms with Gasteiger partial charge < -0.3 is 4.74 Å². The van der Waals surface area contributed by atoms with Gasteiger partial charge in [0.05, 0.1) is 6.10 Å². The first-order chi connectivity index (χ1) is 11.8. The molecule has 0 aliphatic carbocycles. The number of unbranched alkanes of at least 4 members (excludes halogenated alkanes) is 11. The number of carbonyl (C=O) groups excluding carboxylic acids is 1. The van der Waals surface area contributed by atoms with Gasteiger partial charge in [-0.1, -0.05) is 90.3 Å². The Hall–Kier alpha value is -0.0931. The van der Waals surface area contributed by atoms with Gasteiger partial charge in [-0.3, -0.25) is 0 Å². The van der Waals surface area contributed by atoms with Crippen LogP contribution >= 0.6 is 15.3 Å². The third-order valence-corrected chi connectivity index (χ3v) is 7.35. The van der Waals surface area contributed by atoms with Crippen LogP contribution in [0.4, 0.5) is 0 Å². The largest absolute Gasteiger partial charge is 0.460 e. The highest BCUT2D eigenvalue weighted by Crippen LogP contribution is 2.21. The number of rotatable bonds is 17. The van der Waals surface area contributed by atoms with Gasteiger partial charge in [-0.25, -0.2) is 4.79 Å². The van der Waals surface area contributed by atoms with Crippen molar-refractivity contribution < 1.29 is 9.53 Å². The van der Waals surface area contributed by atoms with E-state index in [0.29, 0.717) is 0 Å². The zero-order chi connectivity index (χ0) is 19.0. The minimum atomic E-state index is -0.986. The molecule has 0 aromatic heterocycles. The van der Waals surface area contributed by atoms with E-state index in [1.165, 1.54) is 82.7 Å². The average Bonchev–Trinajstić information content (AvgIpc) is 2.53. The summed E-state index contributed by atoms with van der Waals surface area (Å²) in [5.41, 5.74) is 0. The summed E-state index contributed by atoms with van der Waals surface area (Å²) in [6, 6.07) is 1.42. The Morgan fingerprint density at radius 3 is 1.72 bits per heavy atom. The van der Waals surface area contributed by atoms with Gasteiger partial charge >= 0.3 is 5.97 Å². The lowest BCUT2D eigenvalue weighted by atomic mass is 10.0. The minimum Gasteiger partial charge on any atom is -0.460 e. The van der Waals surface area contributed by atoms with E-state index in [2.05, 4.69) is 35.0 Å². The number of ether oxygens (including phenoxy) is 1. The van der Waals surface area contributed by atoms with E-state index in [-0.39, 0.29) is 12.1 Å². The molecule has 0 radical (unpaired) electrons. The predicted molar refractivity (Wildman–Crippen MR) is 117 cm³/mol. The standard InChI is InChI=1S/C21H41BrO2Si/c1-5-21(23)24-20(2)18-16-14-12-10-8-6-7-9-11-13-15-17-19-25(3,4)22/h5,20H,1,6-19H2,2-4H3. The maximum atomic E-state index is 11.1. The molecular formula is C21H41BrO2Si. The SMILES string of the molecule is C=CC(=O)OC(C)CCCCCCCCCCCCCC[Si](C)(C)Br. The Balaban J connectivity index is 3.19. The zero-order valence-electron chi connectivity index (χ0n) is 17.0. The van der Waals surface area contributed by atoms with E-state index in [0.717, 1.165) is 12.8 Å². The van der Waals surface area contributed by atoms with Gasteiger partial charge in [-0.2, -0.15) is 0 Å². The highest BCUT2D eigenvalue weighted by atomic mass is 79.9. The molecule has 0 rings (SSSR count). The van der Waals surface area contributed by atoms with Crippen molar-refractivity contribution in [2.45, 2.75) is 116 Å². The summed E-state index contributed by atoms with van der Waals surface area (Å²) < 4.78 is 5.17. The number of esters is 1. The lowest BCUT2D eigenvalue weighted by molar-refractivity contribution is -0.142. The molecule has 0 N–H and O–H groups in total. The molecule has 4 heteroatoms. The Morgan fingerprint density at radius 1 is 0.920 bits per heavy atom. The summed E-state index contributed by atoms with van der Waals surface area (Å²) in [4.78, 5) is 11.1. The minimum absolute atomic E-state index is 0.0217. The molecule has 0 heterocycles. The van der Waals surface area contributed by atoms with Gasteiger partial charge in [-0.05, 0) is 25.8 Å². The van der Waals surface area contributed by atoms with E-state index in [9.17, 15) is 4.79 Å². The third-order valence-electron chi connectivity index (χ3n) is 4.62. The molecule has 1 atom stereocenters. The summed E-state index contributed by atoms with van der Waals surface area (Å²) >= 11 is 3.85. The molecule has 148 valence electrons. The predicted octanol–water partition coefficient (Wildman–Crippen LogP) is 7.78. The van der Waals surface area contributed by atoms with Crippen molar-refractivity contribution >= 4 is 28.0 Å². The maximum Gasteiger partial charge on any atom is 0.330 e. The maximum absolute atomic E-state index is 11.1. The van der Waals surface area contributed by atoms with Crippen molar-refractivity contribution in [1.82, 2.24) is 0 Å². The first kappa shape index (κ1) is 24.9. The number of carbonyl (C=O) groups is 1. The molecule has 2 nitrogen and oxygen atoms in total. The third kappa shape index (κ3) is 20.1. The van der Waals surface area contributed by atoms with Gasteiger partial charge in [0, 0.05) is 6.08 Å². The lowest BCUT2D eigenvalue weighted by Gasteiger charge is -2.12.